The van der Waals surface area contributed by atoms with Gasteiger partial charge in [0.05, 0.1) is 12.3 Å². The Bertz CT molecular complexity index is 1090. The molecule has 0 spiro atoms. The van der Waals surface area contributed by atoms with Gasteiger partial charge in [-0.3, -0.25) is 0 Å². The molecule has 4 aromatic rings. The fourth-order valence-corrected chi connectivity index (χ4v) is 3.56. The smallest absolute Gasteiger partial charge is 0.163 e. The van der Waals surface area contributed by atoms with Gasteiger partial charge in [-0.15, -0.1) is 0 Å². The van der Waals surface area contributed by atoms with E-state index in [9.17, 15) is 0 Å². The number of rotatable bonds is 7. The maximum absolute atomic E-state index is 6.05. The van der Waals surface area contributed by atoms with Crippen molar-refractivity contribution in [2.24, 2.45) is 5.92 Å². The van der Waals surface area contributed by atoms with Crippen LogP contribution >= 0.6 is 0 Å². The fraction of sp³-hybridized carbons (Fsp3) is 0.250. The molecule has 29 heavy (non-hydrogen) atoms. The quantitative estimate of drug-likeness (QED) is 0.463. The molecule has 0 aliphatic heterocycles. The number of hydrogen-bond acceptors (Lipinski definition) is 4. The van der Waals surface area contributed by atoms with E-state index in [4.69, 9.17) is 9.84 Å². The normalized spacial score (nSPS) is 12.4. The maximum atomic E-state index is 6.05. The van der Waals surface area contributed by atoms with Crippen molar-refractivity contribution < 1.29 is 4.74 Å². The van der Waals surface area contributed by atoms with Crippen LogP contribution in [0.2, 0.25) is 0 Å². The van der Waals surface area contributed by atoms with E-state index in [1.807, 2.05) is 53.2 Å². The Morgan fingerprint density at radius 3 is 2.62 bits per heavy atom. The van der Waals surface area contributed by atoms with Gasteiger partial charge in [-0.05, 0) is 38.4 Å². The van der Waals surface area contributed by atoms with Gasteiger partial charge in [0.15, 0.2) is 5.65 Å². The van der Waals surface area contributed by atoms with Crippen LogP contribution in [0.4, 0.5) is 0 Å². The average molecular weight is 386 g/mol. The molecule has 2 heterocycles. The van der Waals surface area contributed by atoms with Crippen molar-refractivity contribution in [3.63, 3.8) is 0 Å². The summed E-state index contributed by atoms with van der Waals surface area (Å²) >= 11 is 0. The minimum absolute atomic E-state index is 0.450. The molecule has 0 aliphatic carbocycles. The van der Waals surface area contributed by atoms with Crippen molar-refractivity contribution in [2.45, 2.75) is 6.92 Å². The highest BCUT2D eigenvalue weighted by Crippen LogP contribution is 2.29. The van der Waals surface area contributed by atoms with E-state index in [1.165, 1.54) is 0 Å². The van der Waals surface area contributed by atoms with Crippen LogP contribution in [-0.2, 0) is 0 Å². The van der Waals surface area contributed by atoms with Crippen LogP contribution in [-0.4, -0.2) is 46.9 Å². The second kappa shape index (κ2) is 8.45. The predicted octanol–water partition coefficient (Wildman–Crippen LogP) is 4.66. The first-order valence-electron chi connectivity index (χ1n) is 9.89. The summed E-state index contributed by atoms with van der Waals surface area (Å²) in [4.78, 5) is 6.77. The Labute approximate surface area is 171 Å². The van der Waals surface area contributed by atoms with Gasteiger partial charge in [0, 0.05) is 35.7 Å². The van der Waals surface area contributed by atoms with Gasteiger partial charge < -0.3 is 9.64 Å². The summed E-state index contributed by atoms with van der Waals surface area (Å²) in [5.41, 5.74) is 3.78. The number of fused-ring (bicyclic) bond motifs is 1. The lowest BCUT2D eigenvalue weighted by Crippen LogP contribution is -2.24. The minimum Gasteiger partial charge on any atom is -0.493 e. The highest BCUT2D eigenvalue weighted by molar-refractivity contribution is 5.91. The summed E-state index contributed by atoms with van der Waals surface area (Å²) in [6.45, 7) is 3.86. The zero-order valence-corrected chi connectivity index (χ0v) is 17.1. The average Bonchev–Trinajstić information content (AvgIpc) is 3.12. The lowest BCUT2D eigenvalue weighted by atomic mass is 10.1. The van der Waals surface area contributed by atoms with Gasteiger partial charge in [0.1, 0.15) is 11.4 Å². The van der Waals surface area contributed by atoms with E-state index < -0.39 is 0 Å². The predicted molar refractivity (Wildman–Crippen MR) is 118 cm³/mol. The molecule has 0 N–H and O–H groups in total. The SMILES string of the molecule is CC(COc1cccc(-n2nc(-c3ccccc3)c3cccnc32)c1)CN(C)C. The van der Waals surface area contributed by atoms with Crippen molar-refractivity contribution in [2.75, 3.05) is 27.2 Å². The van der Waals surface area contributed by atoms with Crippen molar-refractivity contribution in [1.82, 2.24) is 19.7 Å². The van der Waals surface area contributed by atoms with Gasteiger partial charge >= 0.3 is 0 Å². The van der Waals surface area contributed by atoms with Crippen LogP contribution < -0.4 is 4.74 Å². The van der Waals surface area contributed by atoms with E-state index in [0.29, 0.717) is 12.5 Å². The van der Waals surface area contributed by atoms with Crippen LogP contribution in [0.25, 0.3) is 28.0 Å². The van der Waals surface area contributed by atoms with E-state index in [0.717, 1.165) is 40.3 Å². The molecule has 5 nitrogen and oxygen atoms in total. The first kappa shape index (κ1) is 19.2. The Morgan fingerprint density at radius 2 is 1.83 bits per heavy atom. The van der Waals surface area contributed by atoms with Crippen molar-refractivity contribution in [3.8, 4) is 22.7 Å². The van der Waals surface area contributed by atoms with E-state index >= 15 is 0 Å². The molecule has 0 aliphatic rings. The van der Waals surface area contributed by atoms with Crippen LogP contribution in [0.1, 0.15) is 6.92 Å². The summed E-state index contributed by atoms with van der Waals surface area (Å²) < 4.78 is 7.94. The van der Waals surface area contributed by atoms with Gasteiger partial charge in [0.2, 0.25) is 0 Å². The van der Waals surface area contributed by atoms with Crippen LogP contribution in [0.5, 0.6) is 5.75 Å². The third-order valence-electron chi connectivity index (χ3n) is 4.76. The topological polar surface area (TPSA) is 43.2 Å². The first-order valence-corrected chi connectivity index (χ1v) is 9.89. The molecule has 0 saturated carbocycles. The number of aromatic nitrogens is 3. The van der Waals surface area contributed by atoms with E-state index in [1.54, 1.807) is 6.20 Å². The zero-order valence-electron chi connectivity index (χ0n) is 17.1. The molecular weight excluding hydrogens is 360 g/mol. The maximum Gasteiger partial charge on any atom is 0.163 e. The molecule has 5 heteroatoms. The Kier molecular flexibility index (Phi) is 5.58. The van der Waals surface area contributed by atoms with Crippen LogP contribution in [0.3, 0.4) is 0 Å². The highest BCUT2D eigenvalue weighted by Gasteiger charge is 2.14. The molecular formula is C24H26N4O. The number of nitrogens with zero attached hydrogens (tertiary/aromatic N) is 4. The van der Waals surface area contributed by atoms with Gasteiger partial charge in [-0.25, -0.2) is 9.67 Å². The van der Waals surface area contributed by atoms with Gasteiger partial charge in [-0.2, -0.15) is 5.10 Å². The van der Waals surface area contributed by atoms with E-state index in [2.05, 4.69) is 49.1 Å². The van der Waals surface area contributed by atoms with Crippen LogP contribution in [0.15, 0.2) is 72.9 Å². The molecule has 0 saturated heterocycles. The summed E-state index contributed by atoms with van der Waals surface area (Å²) in [5, 5.41) is 5.93. The minimum atomic E-state index is 0.450. The molecule has 0 amide bonds. The summed E-state index contributed by atoms with van der Waals surface area (Å²) in [6, 6.07) is 22.3. The summed E-state index contributed by atoms with van der Waals surface area (Å²) in [6.07, 6.45) is 1.80. The third-order valence-corrected chi connectivity index (χ3v) is 4.76. The molecule has 1 atom stereocenters. The molecule has 1 unspecified atom stereocenters. The third kappa shape index (κ3) is 4.30. The second-order valence-corrected chi connectivity index (χ2v) is 7.68. The van der Waals surface area contributed by atoms with Gasteiger partial charge in [-0.1, -0.05) is 43.3 Å². The molecule has 2 aromatic heterocycles. The number of pyridine rings is 1. The molecule has 0 bridgehead atoms. The van der Waals surface area contributed by atoms with Gasteiger partial charge in [0.25, 0.3) is 0 Å². The lowest BCUT2D eigenvalue weighted by Gasteiger charge is -2.17. The molecule has 2 aromatic carbocycles. The summed E-state index contributed by atoms with van der Waals surface area (Å²) in [7, 11) is 4.16. The van der Waals surface area contributed by atoms with E-state index in [-0.39, 0.29) is 0 Å². The largest absolute Gasteiger partial charge is 0.493 e. The fourth-order valence-electron chi connectivity index (χ4n) is 3.56. The lowest BCUT2D eigenvalue weighted by molar-refractivity contribution is 0.222. The number of hydrogen-bond donors (Lipinski definition) is 0. The highest BCUT2D eigenvalue weighted by atomic mass is 16.5. The molecule has 148 valence electrons. The number of ether oxygens (including phenoxy) is 1. The summed E-state index contributed by atoms with van der Waals surface area (Å²) in [5.74, 6) is 1.29. The van der Waals surface area contributed by atoms with Crippen molar-refractivity contribution >= 4 is 11.0 Å². The van der Waals surface area contributed by atoms with Crippen LogP contribution in [0, 0.1) is 5.92 Å². The van der Waals surface area contributed by atoms with Crippen molar-refractivity contribution in [1.29, 1.82) is 0 Å². The Hall–Kier alpha value is -3.18. The molecule has 0 fully saturated rings. The number of benzene rings is 2. The Balaban J connectivity index is 1.67. The molecule has 0 radical (unpaired) electrons. The molecule has 4 rings (SSSR count). The first-order chi connectivity index (χ1) is 14.1. The van der Waals surface area contributed by atoms with Crippen molar-refractivity contribution in [3.05, 3.63) is 72.9 Å². The standard InChI is InChI=1S/C24H26N4O/c1-18(16-27(2)3)17-29-21-12-7-11-20(15-21)28-24-22(13-8-14-25-24)23(26-28)19-9-5-4-6-10-19/h4-15,18H,16-17H2,1-3H3. The Morgan fingerprint density at radius 1 is 1.00 bits per heavy atom. The second-order valence-electron chi connectivity index (χ2n) is 7.68. The zero-order chi connectivity index (χ0) is 20.2. The monoisotopic (exact) mass is 386 g/mol.